The third kappa shape index (κ3) is 13.9. The zero-order valence-electron chi connectivity index (χ0n) is 19.8. The predicted octanol–water partition coefficient (Wildman–Crippen LogP) is 6.23. The number of hydrogen-bond acceptors (Lipinski definition) is 4. The Balaban J connectivity index is 0.000000639. The van der Waals surface area contributed by atoms with E-state index in [-0.39, 0.29) is 12.1 Å². The number of esters is 1. The second-order valence-electron chi connectivity index (χ2n) is 8.67. The van der Waals surface area contributed by atoms with Crippen LogP contribution in [-0.2, 0) is 19.1 Å². The van der Waals surface area contributed by atoms with Crippen LogP contribution in [0.3, 0.4) is 0 Å². The van der Waals surface area contributed by atoms with Gasteiger partial charge in [0.15, 0.2) is 0 Å². The predicted molar refractivity (Wildman–Crippen MR) is 123 cm³/mol. The van der Waals surface area contributed by atoms with E-state index in [9.17, 15) is 14.4 Å². The van der Waals surface area contributed by atoms with Crippen LogP contribution in [-0.4, -0.2) is 34.2 Å². The number of carbonyl (C=O) groups excluding carboxylic acids is 1. The van der Waals surface area contributed by atoms with Crippen LogP contribution in [0.1, 0.15) is 104 Å². The van der Waals surface area contributed by atoms with Crippen LogP contribution in [0.25, 0.3) is 0 Å². The minimum absolute atomic E-state index is 0.0775. The van der Waals surface area contributed by atoms with Crippen molar-refractivity contribution in [3.63, 3.8) is 0 Å². The van der Waals surface area contributed by atoms with Crippen LogP contribution in [0.15, 0.2) is 12.7 Å². The molecule has 0 aliphatic heterocycles. The molecule has 0 saturated heterocycles. The minimum Gasteiger partial charge on any atom is -0.481 e. The molecule has 1 fully saturated rings. The Bertz CT molecular complexity index is 510. The van der Waals surface area contributed by atoms with E-state index >= 15 is 0 Å². The van der Waals surface area contributed by atoms with Crippen molar-refractivity contribution in [2.24, 2.45) is 17.8 Å². The van der Waals surface area contributed by atoms with Crippen LogP contribution >= 0.6 is 0 Å². The van der Waals surface area contributed by atoms with Gasteiger partial charge in [-0.25, -0.2) is 4.79 Å². The molecule has 0 aromatic carbocycles. The number of rotatable bonds is 14. The average Bonchev–Trinajstić information content (AvgIpc) is 2.74. The van der Waals surface area contributed by atoms with Crippen molar-refractivity contribution in [1.29, 1.82) is 0 Å². The Morgan fingerprint density at radius 2 is 1.52 bits per heavy atom. The largest absolute Gasteiger partial charge is 0.481 e. The zero-order chi connectivity index (χ0) is 23.6. The third-order valence-electron chi connectivity index (χ3n) is 5.94. The van der Waals surface area contributed by atoms with E-state index < -0.39 is 23.8 Å². The fraction of sp³-hybridized carbons (Fsp3) is 0.800. The highest BCUT2D eigenvalue weighted by molar-refractivity contribution is 5.81. The van der Waals surface area contributed by atoms with Gasteiger partial charge in [0.25, 0.3) is 0 Å². The van der Waals surface area contributed by atoms with E-state index in [1.165, 1.54) is 44.6 Å². The Labute approximate surface area is 188 Å². The normalized spacial score (nSPS) is 20.0. The van der Waals surface area contributed by atoms with Crippen LogP contribution in [0.2, 0.25) is 0 Å². The van der Waals surface area contributed by atoms with E-state index in [4.69, 9.17) is 14.9 Å². The molecule has 4 unspecified atom stereocenters. The Morgan fingerprint density at radius 3 is 1.97 bits per heavy atom. The number of carboxylic acids is 2. The van der Waals surface area contributed by atoms with Crippen molar-refractivity contribution in [3.8, 4) is 0 Å². The SMILES string of the molecule is C=CC(=O)OC(CCC)CC(CCC)CCCCC.O=C(O)C1CCCC(C(=O)O)C1. The Hall–Kier alpha value is -1.85. The molecular weight excluding hydrogens is 396 g/mol. The number of unbranched alkanes of at least 4 members (excludes halogenated alkanes) is 2. The molecule has 1 saturated carbocycles. The summed E-state index contributed by atoms with van der Waals surface area (Å²) in [6.45, 7) is 10.1. The van der Waals surface area contributed by atoms with Gasteiger partial charge in [0.05, 0.1) is 11.8 Å². The van der Waals surface area contributed by atoms with Crippen molar-refractivity contribution in [2.75, 3.05) is 0 Å². The Kier molecular flexibility index (Phi) is 16.7. The fourth-order valence-corrected chi connectivity index (χ4v) is 4.24. The van der Waals surface area contributed by atoms with Gasteiger partial charge in [-0.15, -0.1) is 0 Å². The van der Waals surface area contributed by atoms with Gasteiger partial charge in [-0.1, -0.05) is 78.7 Å². The monoisotopic (exact) mass is 440 g/mol. The first kappa shape index (κ1) is 29.1. The maximum Gasteiger partial charge on any atom is 0.330 e. The first-order valence-electron chi connectivity index (χ1n) is 12.1. The quantitative estimate of drug-likeness (QED) is 0.188. The van der Waals surface area contributed by atoms with Gasteiger partial charge in [0.2, 0.25) is 0 Å². The van der Waals surface area contributed by atoms with Gasteiger partial charge in [-0.2, -0.15) is 0 Å². The number of ether oxygens (including phenoxy) is 1. The summed E-state index contributed by atoms with van der Waals surface area (Å²) < 4.78 is 5.47. The highest BCUT2D eigenvalue weighted by Crippen LogP contribution is 2.29. The second kappa shape index (κ2) is 17.8. The molecule has 0 spiro atoms. The number of aliphatic carboxylic acids is 2. The summed E-state index contributed by atoms with van der Waals surface area (Å²) in [5.74, 6) is -2.19. The maximum absolute atomic E-state index is 11.4. The summed E-state index contributed by atoms with van der Waals surface area (Å²) in [5.41, 5.74) is 0. The lowest BCUT2D eigenvalue weighted by Crippen LogP contribution is -2.26. The van der Waals surface area contributed by atoms with Crippen LogP contribution in [0.4, 0.5) is 0 Å². The van der Waals surface area contributed by atoms with E-state index in [0.717, 1.165) is 19.3 Å². The van der Waals surface area contributed by atoms with Crippen LogP contribution < -0.4 is 0 Å². The Morgan fingerprint density at radius 1 is 0.935 bits per heavy atom. The second-order valence-corrected chi connectivity index (χ2v) is 8.67. The summed E-state index contributed by atoms with van der Waals surface area (Å²) in [6.07, 6.45) is 14.3. The topological polar surface area (TPSA) is 101 Å². The van der Waals surface area contributed by atoms with E-state index in [1.54, 1.807) is 0 Å². The van der Waals surface area contributed by atoms with Crippen molar-refractivity contribution < 1.29 is 29.3 Å². The lowest BCUT2D eigenvalue weighted by Gasteiger charge is -2.23. The lowest BCUT2D eigenvalue weighted by molar-refractivity contribution is -0.148. The summed E-state index contributed by atoms with van der Waals surface area (Å²) >= 11 is 0. The average molecular weight is 441 g/mol. The molecule has 0 aromatic rings. The molecule has 0 radical (unpaired) electrons. The maximum atomic E-state index is 11.4. The fourth-order valence-electron chi connectivity index (χ4n) is 4.24. The molecular formula is C25H44O6. The zero-order valence-corrected chi connectivity index (χ0v) is 19.8. The van der Waals surface area contributed by atoms with E-state index in [0.29, 0.717) is 31.6 Å². The highest BCUT2D eigenvalue weighted by atomic mass is 16.5. The molecule has 4 atom stereocenters. The molecule has 0 amide bonds. The van der Waals surface area contributed by atoms with Crippen molar-refractivity contribution in [3.05, 3.63) is 12.7 Å². The molecule has 0 bridgehead atoms. The van der Waals surface area contributed by atoms with Gasteiger partial charge in [-0.05, 0) is 38.0 Å². The van der Waals surface area contributed by atoms with Crippen molar-refractivity contribution >= 4 is 17.9 Å². The molecule has 6 heteroatoms. The van der Waals surface area contributed by atoms with Crippen LogP contribution in [0.5, 0.6) is 0 Å². The van der Waals surface area contributed by atoms with E-state index in [2.05, 4.69) is 27.4 Å². The van der Waals surface area contributed by atoms with E-state index in [1.807, 2.05) is 0 Å². The number of carbonyl (C=O) groups is 3. The van der Waals surface area contributed by atoms with Crippen molar-refractivity contribution in [2.45, 2.75) is 110 Å². The van der Waals surface area contributed by atoms with Gasteiger partial charge in [-0.3, -0.25) is 9.59 Å². The first-order chi connectivity index (χ1) is 14.8. The molecule has 0 aromatic heterocycles. The molecule has 1 aliphatic rings. The standard InChI is InChI=1S/C17H32O2.C8H12O4/c1-5-9-10-13-15(11-6-2)14-16(12-7-3)19-17(18)8-4;9-7(10)5-2-1-3-6(4-5)8(11)12/h8,15-16H,4-7,9-14H2,1-3H3;5-6H,1-4H2,(H,9,10)(H,11,12). The molecule has 31 heavy (non-hydrogen) atoms. The molecule has 0 heterocycles. The molecule has 6 nitrogen and oxygen atoms in total. The highest BCUT2D eigenvalue weighted by Gasteiger charge is 2.30. The molecule has 1 rings (SSSR count). The smallest absolute Gasteiger partial charge is 0.330 e. The molecule has 2 N–H and O–H groups in total. The van der Waals surface area contributed by atoms with Gasteiger partial charge >= 0.3 is 17.9 Å². The van der Waals surface area contributed by atoms with Crippen molar-refractivity contribution in [1.82, 2.24) is 0 Å². The first-order valence-corrected chi connectivity index (χ1v) is 12.1. The molecule has 1 aliphatic carbocycles. The summed E-state index contributed by atoms with van der Waals surface area (Å²) in [4.78, 5) is 32.4. The van der Waals surface area contributed by atoms with Gasteiger partial charge < -0.3 is 14.9 Å². The summed E-state index contributed by atoms with van der Waals surface area (Å²) in [7, 11) is 0. The number of hydrogen-bond donors (Lipinski definition) is 2. The molecule has 180 valence electrons. The summed E-state index contributed by atoms with van der Waals surface area (Å²) in [6, 6.07) is 0. The van der Waals surface area contributed by atoms with Gasteiger partial charge in [0.1, 0.15) is 6.10 Å². The van der Waals surface area contributed by atoms with Gasteiger partial charge in [0, 0.05) is 6.08 Å². The summed E-state index contributed by atoms with van der Waals surface area (Å²) in [5, 5.41) is 17.3. The third-order valence-corrected chi connectivity index (χ3v) is 5.94. The minimum atomic E-state index is -0.860. The lowest BCUT2D eigenvalue weighted by atomic mass is 9.81. The van der Waals surface area contributed by atoms with Crippen LogP contribution in [0, 0.1) is 17.8 Å². The number of carboxylic acid groups (broad SMARTS) is 2.